The zero-order valence-electron chi connectivity index (χ0n) is 9.75. The van der Waals surface area contributed by atoms with Crippen molar-refractivity contribution in [2.24, 2.45) is 0 Å². The van der Waals surface area contributed by atoms with Crippen LogP contribution >= 0.6 is 0 Å². The second kappa shape index (κ2) is 4.20. The predicted molar refractivity (Wildman–Crippen MR) is 67.5 cm³/mol. The number of hydrogen-bond acceptors (Lipinski definition) is 2. The van der Waals surface area contributed by atoms with Gasteiger partial charge in [0.05, 0.1) is 5.56 Å². The fourth-order valence-electron chi connectivity index (χ4n) is 2.00. The number of aromatic carboxylic acids is 1. The lowest BCUT2D eigenvalue weighted by atomic mass is 10.0. The smallest absolute Gasteiger partial charge is 0.338 e. The van der Waals surface area contributed by atoms with Gasteiger partial charge in [-0.15, -0.1) is 0 Å². The minimum atomic E-state index is -1.27. The van der Waals surface area contributed by atoms with Crippen LogP contribution < -0.4 is 0 Å². The van der Waals surface area contributed by atoms with E-state index in [0.717, 1.165) is 5.65 Å². The number of rotatable bonds is 2. The Bertz CT molecular complexity index is 780. The van der Waals surface area contributed by atoms with Crippen molar-refractivity contribution in [1.82, 2.24) is 9.38 Å². The molecule has 19 heavy (non-hydrogen) atoms. The summed E-state index contributed by atoms with van der Waals surface area (Å²) in [6.45, 7) is 0. The minimum Gasteiger partial charge on any atom is -0.478 e. The lowest BCUT2D eigenvalue weighted by Crippen LogP contribution is -2.01. The zero-order chi connectivity index (χ0) is 13.4. The van der Waals surface area contributed by atoms with Crippen molar-refractivity contribution in [2.75, 3.05) is 0 Å². The van der Waals surface area contributed by atoms with Crippen molar-refractivity contribution < 1.29 is 14.3 Å². The summed E-state index contributed by atoms with van der Waals surface area (Å²) in [5, 5.41) is 8.92. The Morgan fingerprint density at radius 3 is 2.89 bits per heavy atom. The first-order valence-corrected chi connectivity index (χ1v) is 5.62. The number of pyridine rings is 1. The fourth-order valence-corrected chi connectivity index (χ4v) is 2.00. The zero-order valence-corrected chi connectivity index (χ0v) is 9.75. The van der Waals surface area contributed by atoms with Crippen LogP contribution in [0.15, 0.2) is 48.9 Å². The average molecular weight is 256 g/mol. The van der Waals surface area contributed by atoms with Gasteiger partial charge in [0.1, 0.15) is 11.5 Å². The number of carboxylic acids is 1. The molecule has 2 aromatic heterocycles. The lowest BCUT2D eigenvalue weighted by Gasteiger charge is -2.06. The standard InChI is InChI=1S/C14H9FN2O2/c15-13-10(2-1-3-11(13)14(18)19)9-4-5-12-16-6-7-17(12)8-9/h1-8H,(H,18,19). The minimum absolute atomic E-state index is 0.260. The largest absolute Gasteiger partial charge is 0.478 e. The maximum Gasteiger partial charge on any atom is 0.338 e. The van der Waals surface area contributed by atoms with Crippen LogP contribution in [0.4, 0.5) is 4.39 Å². The maximum absolute atomic E-state index is 14.1. The highest BCUT2D eigenvalue weighted by Crippen LogP contribution is 2.25. The molecule has 3 aromatic rings. The van der Waals surface area contributed by atoms with E-state index >= 15 is 0 Å². The Kier molecular flexibility index (Phi) is 2.52. The van der Waals surface area contributed by atoms with E-state index in [0.29, 0.717) is 5.56 Å². The second-order valence-electron chi connectivity index (χ2n) is 4.08. The summed E-state index contributed by atoms with van der Waals surface area (Å²) in [5.74, 6) is -2.00. The molecule has 0 saturated heterocycles. The molecule has 0 atom stereocenters. The molecule has 0 saturated carbocycles. The second-order valence-corrected chi connectivity index (χ2v) is 4.08. The number of carbonyl (C=O) groups is 1. The topological polar surface area (TPSA) is 54.6 Å². The Balaban J connectivity index is 2.20. The highest BCUT2D eigenvalue weighted by atomic mass is 19.1. The van der Waals surface area contributed by atoms with Gasteiger partial charge in [0, 0.05) is 29.7 Å². The highest BCUT2D eigenvalue weighted by molar-refractivity contribution is 5.90. The van der Waals surface area contributed by atoms with Crippen LogP contribution in [0.25, 0.3) is 16.8 Å². The van der Waals surface area contributed by atoms with E-state index in [1.54, 1.807) is 41.2 Å². The predicted octanol–water partition coefficient (Wildman–Crippen LogP) is 2.84. The van der Waals surface area contributed by atoms with Gasteiger partial charge >= 0.3 is 5.97 Å². The summed E-state index contributed by atoms with van der Waals surface area (Å²) in [6, 6.07) is 7.80. The lowest BCUT2D eigenvalue weighted by molar-refractivity contribution is 0.0692. The van der Waals surface area contributed by atoms with Crippen LogP contribution in [0.3, 0.4) is 0 Å². The molecule has 0 fully saturated rings. The van der Waals surface area contributed by atoms with Crippen molar-refractivity contribution in [3.05, 3.63) is 60.3 Å². The third-order valence-electron chi connectivity index (χ3n) is 2.93. The molecule has 1 aromatic carbocycles. The Morgan fingerprint density at radius 2 is 2.11 bits per heavy atom. The van der Waals surface area contributed by atoms with Crippen LogP contribution in [-0.2, 0) is 0 Å². The summed E-state index contributed by atoms with van der Waals surface area (Å²) in [4.78, 5) is 15.0. The molecule has 0 spiro atoms. The van der Waals surface area contributed by atoms with E-state index in [9.17, 15) is 9.18 Å². The Morgan fingerprint density at radius 1 is 1.26 bits per heavy atom. The molecular weight excluding hydrogens is 247 g/mol. The highest BCUT2D eigenvalue weighted by Gasteiger charge is 2.15. The quantitative estimate of drug-likeness (QED) is 0.767. The van der Waals surface area contributed by atoms with Crippen LogP contribution in [-0.4, -0.2) is 20.5 Å². The normalized spacial score (nSPS) is 10.8. The molecule has 5 heteroatoms. The van der Waals surface area contributed by atoms with Crippen LogP contribution in [0.2, 0.25) is 0 Å². The molecule has 0 radical (unpaired) electrons. The summed E-state index contributed by atoms with van der Waals surface area (Å²) in [5.41, 5.74) is 1.28. The van der Waals surface area contributed by atoms with Crippen LogP contribution in [0.1, 0.15) is 10.4 Å². The van der Waals surface area contributed by atoms with Crippen LogP contribution in [0.5, 0.6) is 0 Å². The van der Waals surface area contributed by atoms with Gasteiger partial charge in [-0.3, -0.25) is 0 Å². The summed E-state index contributed by atoms with van der Waals surface area (Å²) in [7, 11) is 0. The van der Waals surface area contributed by atoms with Gasteiger partial charge in [-0.05, 0) is 18.2 Å². The molecule has 94 valence electrons. The van der Waals surface area contributed by atoms with Gasteiger partial charge in [-0.25, -0.2) is 14.2 Å². The molecule has 0 bridgehead atoms. The molecule has 0 aliphatic carbocycles. The first-order valence-electron chi connectivity index (χ1n) is 5.62. The molecule has 3 rings (SSSR count). The third kappa shape index (κ3) is 1.85. The fraction of sp³-hybridized carbons (Fsp3) is 0. The SMILES string of the molecule is O=C(O)c1cccc(-c2ccc3nccn3c2)c1F. The summed E-state index contributed by atoms with van der Waals surface area (Å²) in [6.07, 6.45) is 5.10. The number of imidazole rings is 1. The Hall–Kier alpha value is -2.69. The number of nitrogens with zero attached hydrogens (tertiary/aromatic N) is 2. The van der Waals surface area contributed by atoms with E-state index in [1.165, 1.54) is 12.1 Å². The summed E-state index contributed by atoms with van der Waals surface area (Å²) < 4.78 is 15.9. The number of aromatic nitrogens is 2. The third-order valence-corrected chi connectivity index (χ3v) is 2.93. The average Bonchev–Trinajstić information content (AvgIpc) is 2.85. The van der Waals surface area contributed by atoms with Crippen molar-refractivity contribution in [2.45, 2.75) is 0 Å². The van der Waals surface area contributed by atoms with Crippen LogP contribution in [0, 0.1) is 5.82 Å². The number of hydrogen-bond donors (Lipinski definition) is 1. The van der Waals surface area contributed by atoms with E-state index in [1.807, 2.05) is 0 Å². The first-order chi connectivity index (χ1) is 9.16. The molecule has 1 N–H and O–H groups in total. The summed E-state index contributed by atoms with van der Waals surface area (Å²) >= 11 is 0. The van der Waals surface area contributed by atoms with E-state index in [4.69, 9.17) is 5.11 Å². The number of halogens is 1. The van der Waals surface area contributed by atoms with E-state index < -0.39 is 11.8 Å². The molecule has 2 heterocycles. The monoisotopic (exact) mass is 256 g/mol. The van der Waals surface area contributed by atoms with Crippen molar-refractivity contribution in [3.8, 4) is 11.1 Å². The molecule has 0 unspecified atom stereocenters. The first kappa shape index (κ1) is 11.4. The van der Waals surface area contributed by atoms with Gasteiger partial charge < -0.3 is 9.51 Å². The maximum atomic E-state index is 14.1. The van der Waals surface area contributed by atoms with Crippen molar-refractivity contribution in [1.29, 1.82) is 0 Å². The Labute approximate surface area is 107 Å². The number of benzene rings is 1. The van der Waals surface area contributed by atoms with Gasteiger partial charge in [-0.1, -0.05) is 12.1 Å². The number of carboxylic acid groups (broad SMARTS) is 1. The molecule has 4 nitrogen and oxygen atoms in total. The van der Waals surface area contributed by atoms with E-state index in [2.05, 4.69) is 4.98 Å². The van der Waals surface area contributed by atoms with Crippen molar-refractivity contribution >= 4 is 11.6 Å². The van der Waals surface area contributed by atoms with Gasteiger partial charge in [0.15, 0.2) is 0 Å². The van der Waals surface area contributed by atoms with Gasteiger partial charge in [0.2, 0.25) is 0 Å². The van der Waals surface area contributed by atoms with Gasteiger partial charge in [0.25, 0.3) is 0 Å². The van der Waals surface area contributed by atoms with Crippen molar-refractivity contribution in [3.63, 3.8) is 0 Å². The van der Waals surface area contributed by atoms with Gasteiger partial charge in [-0.2, -0.15) is 0 Å². The van der Waals surface area contributed by atoms with E-state index in [-0.39, 0.29) is 11.1 Å². The molecule has 0 aliphatic rings. The number of fused-ring (bicyclic) bond motifs is 1. The molecule has 0 aliphatic heterocycles. The molecular formula is C14H9FN2O2. The molecule has 0 amide bonds.